The normalized spacial score (nSPS) is 15.4. The van der Waals surface area contributed by atoms with Gasteiger partial charge in [0.2, 0.25) is 0 Å². The van der Waals surface area contributed by atoms with Gasteiger partial charge in [-0.05, 0) is 36.9 Å². The zero-order valence-electron chi connectivity index (χ0n) is 16.3. The smallest absolute Gasteiger partial charge is 0.257 e. The Bertz CT molecular complexity index is 980. The first-order chi connectivity index (χ1) is 14.1. The predicted octanol–water partition coefficient (Wildman–Crippen LogP) is 4.57. The van der Waals surface area contributed by atoms with Crippen molar-refractivity contribution in [3.63, 3.8) is 0 Å². The molecule has 4 rings (SSSR count). The van der Waals surface area contributed by atoms with Crippen molar-refractivity contribution in [1.82, 2.24) is 14.8 Å². The summed E-state index contributed by atoms with van der Waals surface area (Å²) in [7, 11) is 2.16. The third kappa shape index (κ3) is 5.30. The van der Waals surface area contributed by atoms with Gasteiger partial charge in [0.1, 0.15) is 0 Å². The molecule has 0 radical (unpaired) electrons. The molecule has 0 bridgehead atoms. The SMILES string of the molecule is CN1CCN(Cc2ccc(C(=O)Nc3nc(-c4cccc(Br)c4)cs3)cc2)CC1. The molecule has 0 atom stereocenters. The van der Waals surface area contributed by atoms with E-state index in [2.05, 4.69) is 43.1 Å². The maximum atomic E-state index is 12.6. The largest absolute Gasteiger partial charge is 0.304 e. The van der Waals surface area contributed by atoms with Gasteiger partial charge in [-0.1, -0.05) is 40.2 Å². The summed E-state index contributed by atoms with van der Waals surface area (Å²) in [5.41, 5.74) is 3.75. The van der Waals surface area contributed by atoms with Crippen molar-refractivity contribution >= 4 is 38.3 Å². The molecule has 5 nitrogen and oxygen atoms in total. The van der Waals surface area contributed by atoms with E-state index in [4.69, 9.17) is 0 Å². The number of nitrogens with one attached hydrogen (secondary N) is 1. The van der Waals surface area contributed by atoms with E-state index in [1.165, 1.54) is 16.9 Å². The third-order valence-electron chi connectivity index (χ3n) is 5.06. The standard InChI is InChI=1S/C22H23BrN4OS/c1-26-9-11-27(12-10-26)14-16-5-7-17(8-6-16)21(28)25-22-24-20(15-29-22)18-3-2-4-19(23)13-18/h2-8,13,15H,9-12,14H2,1H3,(H,24,25,28). The van der Waals surface area contributed by atoms with Crippen molar-refractivity contribution in [3.8, 4) is 11.3 Å². The van der Waals surface area contributed by atoms with Gasteiger partial charge in [0.15, 0.2) is 5.13 Å². The number of anilines is 1. The Morgan fingerprint density at radius 3 is 2.62 bits per heavy atom. The number of aromatic nitrogens is 1. The fourth-order valence-corrected chi connectivity index (χ4v) is 4.42. The summed E-state index contributed by atoms with van der Waals surface area (Å²) in [6.07, 6.45) is 0. The van der Waals surface area contributed by atoms with Crippen LogP contribution in [0.3, 0.4) is 0 Å². The van der Waals surface area contributed by atoms with E-state index in [1.54, 1.807) is 0 Å². The number of carbonyl (C=O) groups excluding carboxylic acids is 1. The second-order valence-corrected chi connectivity index (χ2v) is 9.05. The lowest BCUT2D eigenvalue weighted by atomic mass is 10.1. The molecule has 1 fully saturated rings. The molecule has 2 heterocycles. The Morgan fingerprint density at radius 1 is 1.14 bits per heavy atom. The van der Waals surface area contributed by atoms with E-state index in [9.17, 15) is 4.79 Å². The van der Waals surface area contributed by atoms with Crippen LogP contribution < -0.4 is 5.32 Å². The number of hydrogen-bond acceptors (Lipinski definition) is 5. The number of nitrogens with zero attached hydrogens (tertiary/aromatic N) is 3. The maximum absolute atomic E-state index is 12.6. The number of halogens is 1. The molecular formula is C22H23BrN4OS. The van der Waals surface area contributed by atoms with Gasteiger partial charge in [-0.15, -0.1) is 11.3 Å². The zero-order valence-corrected chi connectivity index (χ0v) is 18.7. The average molecular weight is 471 g/mol. The highest BCUT2D eigenvalue weighted by molar-refractivity contribution is 9.10. The van der Waals surface area contributed by atoms with Crippen LogP contribution in [0.15, 0.2) is 58.4 Å². The van der Waals surface area contributed by atoms with Crippen LogP contribution in [-0.2, 0) is 6.54 Å². The van der Waals surface area contributed by atoms with E-state index >= 15 is 0 Å². The van der Waals surface area contributed by atoms with Crippen molar-refractivity contribution in [3.05, 3.63) is 69.5 Å². The van der Waals surface area contributed by atoms with E-state index < -0.39 is 0 Å². The highest BCUT2D eigenvalue weighted by atomic mass is 79.9. The average Bonchev–Trinajstić information content (AvgIpc) is 3.19. The molecule has 0 aliphatic carbocycles. The van der Waals surface area contributed by atoms with Gasteiger partial charge in [-0.25, -0.2) is 4.98 Å². The van der Waals surface area contributed by atoms with Gasteiger partial charge in [0, 0.05) is 53.7 Å². The molecule has 7 heteroatoms. The molecule has 1 N–H and O–H groups in total. The topological polar surface area (TPSA) is 48.5 Å². The van der Waals surface area contributed by atoms with Gasteiger partial charge in [0.25, 0.3) is 5.91 Å². The minimum absolute atomic E-state index is 0.133. The summed E-state index contributed by atoms with van der Waals surface area (Å²) in [6.45, 7) is 5.32. The summed E-state index contributed by atoms with van der Waals surface area (Å²) in [6, 6.07) is 15.8. The van der Waals surface area contributed by atoms with Crippen LogP contribution >= 0.6 is 27.3 Å². The summed E-state index contributed by atoms with van der Waals surface area (Å²) >= 11 is 4.91. The van der Waals surface area contributed by atoms with Crippen LogP contribution in [0.2, 0.25) is 0 Å². The van der Waals surface area contributed by atoms with Crippen LogP contribution in [0.25, 0.3) is 11.3 Å². The first-order valence-corrected chi connectivity index (χ1v) is 11.3. The number of likely N-dealkylation sites (N-methyl/N-ethyl adjacent to an activating group) is 1. The molecule has 1 aromatic heterocycles. The molecule has 1 saturated heterocycles. The molecule has 2 aromatic carbocycles. The Labute approximate surface area is 183 Å². The quantitative estimate of drug-likeness (QED) is 0.592. The molecule has 1 aliphatic heterocycles. The van der Waals surface area contributed by atoms with E-state index in [0.29, 0.717) is 10.7 Å². The highest BCUT2D eigenvalue weighted by Gasteiger charge is 2.14. The Kier molecular flexibility index (Phi) is 6.40. The molecule has 0 saturated carbocycles. The molecule has 0 unspecified atom stereocenters. The maximum Gasteiger partial charge on any atom is 0.257 e. The molecule has 29 heavy (non-hydrogen) atoms. The molecule has 3 aromatic rings. The number of piperazine rings is 1. The Balaban J connectivity index is 1.36. The number of hydrogen-bond donors (Lipinski definition) is 1. The molecular weight excluding hydrogens is 448 g/mol. The van der Waals surface area contributed by atoms with Crippen molar-refractivity contribution < 1.29 is 4.79 Å². The van der Waals surface area contributed by atoms with Gasteiger partial charge in [-0.3, -0.25) is 15.0 Å². The molecule has 1 amide bonds. The Hall–Kier alpha value is -2.06. The highest BCUT2D eigenvalue weighted by Crippen LogP contribution is 2.27. The summed E-state index contributed by atoms with van der Waals surface area (Å²) in [5, 5.41) is 5.47. The van der Waals surface area contributed by atoms with Gasteiger partial charge in [-0.2, -0.15) is 0 Å². The number of benzene rings is 2. The lowest BCUT2D eigenvalue weighted by Crippen LogP contribution is -2.43. The fourth-order valence-electron chi connectivity index (χ4n) is 3.31. The predicted molar refractivity (Wildman–Crippen MR) is 122 cm³/mol. The number of carbonyl (C=O) groups is 1. The van der Waals surface area contributed by atoms with Gasteiger partial charge in [0.05, 0.1) is 5.69 Å². The second-order valence-electron chi connectivity index (χ2n) is 7.28. The first kappa shape index (κ1) is 20.2. The van der Waals surface area contributed by atoms with Crippen LogP contribution in [0.4, 0.5) is 5.13 Å². The van der Waals surface area contributed by atoms with E-state index in [0.717, 1.165) is 48.5 Å². The lowest BCUT2D eigenvalue weighted by molar-refractivity contribution is 0.102. The lowest BCUT2D eigenvalue weighted by Gasteiger charge is -2.32. The first-order valence-electron chi connectivity index (χ1n) is 9.59. The van der Waals surface area contributed by atoms with Gasteiger partial charge < -0.3 is 4.90 Å². The van der Waals surface area contributed by atoms with E-state index in [1.807, 2.05) is 53.9 Å². The van der Waals surface area contributed by atoms with Crippen molar-refractivity contribution in [2.75, 3.05) is 38.5 Å². The summed E-state index contributed by atoms with van der Waals surface area (Å²) in [5.74, 6) is -0.133. The van der Waals surface area contributed by atoms with Crippen LogP contribution in [0.1, 0.15) is 15.9 Å². The number of thiazole rings is 1. The van der Waals surface area contributed by atoms with Crippen molar-refractivity contribution in [1.29, 1.82) is 0 Å². The summed E-state index contributed by atoms with van der Waals surface area (Å²) in [4.78, 5) is 21.9. The fraction of sp³-hybridized carbons (Fsp3) is 0.273. The minimum Gasteiger partial charge on any atom is -0.304 e. The van der Waals surface area contributed by atoms with Crippen LogP contribution in [-0.4, -0.2) is 53.9 Å². The second kappa shape index (κ2) is 9.17. The molecule has 0 spiro atoms. The zero-order chi connectivity index (χ0) is 20.2. The molecule has 150 valence electrons. The number of rotatable bonds is 5. The van der Waals surface area contributed by atoms with Crippen molar-refractivity contribution in [2.45, 2.75) is 6.54 Å². The summed E-state index contributed by atoms with van der Waals surface area (Å²) < 4.78 is 1.00. The third-order valence-corrected chi connectivity index (χ3v) is 6.31. The van der Waals surface area contributed by atoms with E-state index in [-0.39, 0.29) is 5.91 Å². The monoisotopic (exact) mass is 470 g/mol. The van der Waals surface area contributed by atoms with Crippen LogP contribution in [0.5, 0.6) is 0 Å². The molecule has 1 aliphatic rings. The Morgan fingerprint density at radius 2 is 1.90 bits per heavy atom. The number of amides is 1. The van der Waals surface area contributed by atoms with Gasteiger partial charge >= 0.3 is 0 Å². The minimum atomic E-state index is -0.133. The van der Waals surface area contributed by atoms with Crippen molar-refractivity contribution in [2.24, 2.45) is 0 Å². The van der Waals surface area contributed by atoms with Crippen LogP contribution in [0, 0.1) is 0 Å².